The summed E-state index contributed by atoms with van der Waals surface area (Å²) in [7, 11) is -3.84. The van der Waals surface area contributed by atoms with Gasteiger partial charge in [0.15, 0.2) is 5.82 Å². The van der Waals surface area contributed by atoms with E-state index in [9.17, 15) is 8.42 Å². The van der Waals surface area contributed by atoms with Crippen LogP contribution in [0.25, 0.3) is 17.1 Å². The third-order valence-corrected chi connectivity index (χ3v) is 6.42. The predicted octanol–water partition coefficient (Wildman–Crippen LogP) is 4.20. The van der Waals surface area contributed by atoms with Crippen LogP contribution in [-0.4, -0.2) is 17.4 Å². The molecule has 0 aliphatic heterocycles. The molecule has 5 nitrogen and oxygen atoms in total. The molecule has 1 heterocycles. The zero-order valence-electron chi connectivity index (χ0n) is 15.1. The average Bonchev–Trinajstić information content (AvgIpc) is 3.13. The van der Waals surface area contributed by atoms with Crippen molar-refractivity contribution in [2.75, 3.05) is 0 Å². The van der Waals surface area contributed by atoms with E-state index in [0.717, 1.165) is 16.8 Å². The van der Waals surface area contributed by atoms with Crippen LogP contribution >= 0.6 is 11.5 Å². The van der Waals surface area contributed by atoms with Gasteiger partial charge in [0.1, 0.15) is 0 Å². The quantitative estimate of drug-likeness (QED) is 0.509. The van der Waals surface area contributed by atoms with Gasteiger partial charge in [-0.15, -0.1) is 4.40 Å². The molecule has 0 saturated heterocycles. The van der Waals surface area contributed by atoms with E-state index in [0.29, 0.717) is 5.82 Å². The molecule has 0 fully saturated rings. The van der Waals surface area contributed by atoms with Crippen molar-refractivity contribution in [2.24, 2.45) is 4.40 Å². The molecule has 0 aliphatic rings. The second kappa shape index (κ2) is 7.53. The number of rotatable bonds is 4. The van der Waals surface area contributed by atoms with Crippen molar-refractivity contribution < 1.29 is 8.42 Å². The summed E-state index contributed by atoms with van der Waals surface area (Å²) in [4.78, 5) is 4.86. The van der Waals surface area contributed by atoms with Crippen molar-refractivity contribution in [3.63, 3.8) is 0 Å². The molecular weight excluding hydrogens is 390 g/mol. The second-order valence-corrected chi connectivity index (χ2v) is 8.70. The molecule has 4 rings (SSSR count). The Bertz CT molecular complexity index is 1200. The Labute approximate surface area is 167 Å². The fourth-order valence-electron chi connectivity index (χ4n) is 2.69. The van der Waals surface area contributed by atoms with E-state index >= 15 is 0 Å². The van der Waals surface area contributed by atoms with Gasteiger partial charge in [0.25, 0.3) is 10.0 Å². The standard InChI is InChI=1S/C21H17N3O2S2/c1-16-12-14-19(15-13-16)28(25,26)23-21-22-20(17-8-4-2-5-9-17)24(27-21)18-10-6-3-7-11-18/h2-15H,1H3/b23-21+. The molecule has 0 aliphatic carbocycles. The summed E-state index contributed by atoms with van der Waals surface area (Å²) >= 11 is 1.19. The van der Waals surface area contributed by atoms with E-state index in [2.05, 4.69) is 9.38 Å². The SMILES string of the molecule is Cc1ccc(S(=O)(=O)/N=c2\nc(-c3ccccc3)n(-c3ccccc3)s2)cc1. The summed E-state index contributed by atoms with van der Waals surface area (Å²) in [5.41, 5.74) is 2.77. The van der Waals surface area contributed by atoms with Gasteiger partial charge in [-0.25, -0.2) is 3.96 Å². The first kappa shape index (κ1) is 18.3. The molecule has 0 unspecified atom stereocenters. The third-order valence-electron chi connectivity index (χ3n) is 4.11. The normalized spacial score (nSPS) is 12.2. The zero-order valence-corrected chi connectivity index (χ0v) is 16.7. The summed E-state index contributed by atoms with van der Waals surface area (Å²) in [5, 5.41) is 0. The van der Waals surface area contributed by atoms with Gasteiger partial charge in [0.05, 0.1) is 10.6 Å². The molecule has 0 atom stereocenters. The summed E-state index contributed by atoms with van der Waals surface area (Å²) in [5.74, 6) is 0.648. The number of hydrogen-bond acceptors (Lipinski definition) is 4. The fourth-order valence-corrected chi connectivity index (χ4v) is 4.70. The highest BCUT2D eigenvalue weighted by atomic mass is 32.2. The topological polar surface area (TPSA) is 64.3 Å². The van der Waals surface area contributed by atoms with Crippen LogP contribution in [0.1, 0.15) is 5.56 Å². The highest BCUT2D eigenvalue weighted by Gasteiger charge is 2.15. The number of nitrogens with zero attached hydrogens (tertiary/aromatic N) is 3. The summed E-state index contributed by atoms with van der Waals surface area (Å²) in [6.07, 6.45) is 0. The van der Waals surface area contributed by atoms with E-state index < -0.39 is 10.0 Å². The van der Waals surface area contributed by atoms with E-state index in [1.807, 2.05) is 71.5 Å². The molecule has 1 aromatic heterocycles. The van der Waals surface area contributed by atoms with Gasteiger partial charge in [0.2, 0.25) is 4.80 Å². The van der Waals surface area contributed by atoms with Gasteiger partial charge in [0, 0.05) is 5.56 Å². The largest absolute Gasteiger partial charge is 0.285 e. The minimum Gasteiger partial charge on any atom is -0.246 e. The lowest BCUT2D eigenvalue weighted by Gasteiger charge is -2.05. The number of aryl methyl sites for hydroxylation is 1. The molecule has 0 spiro atoms. The van der Waals surface area contributed by atoms with Gasteiger partial charge in [-0.2, -0.15) is 13.4 Å². The van der Waals surface area contributed by atoms with Crippen molar-refractivity contribution in [3.05, 3.63) is 95.3 Å². The Morgan fingerprint density at radius 3 is 2.11 bits per heavy atom. The van der Waals surface area contributed by atoms with E-state index in [-0.39, 0.29) is 9.70 Å². The molecule has 28 heavy (non-hydrogen) atoms. The lowest BCUT2D eigenvalue weighted by atomic mass is 10.2. The van der Waals surface area contributed by atoms with Crippen molar-refractivity contribution in [3.8, 4) is 17.1 Å². The molecule has 0 N–H and O–H groups in total. The van der Waals surface area contributed by atoms with Crippen molar-refractivity contribution in [2.45, 2.75) is 11.8 Å². The lowest BCUT2D eigenvalue weighted by molar-refractivity contribution is 0.596. The Kier molecular flexibility index (Phi) is 4.93. The number of para-hydroxylation sites is 1. The first-order valence-corrected chi connectivity index (χ1v) is 10.8. The van der Waals surface area contributed by atoms with Crippen LogP contribution in [-0.2, 0) is 10.0 Å². The molecule has 140 valence electrons. The zero-order chi connectivity index (χ0) is 19.6. The summed E-state index contributed by atoms with van der Waals surface area (Å²) < 4.78 is 31.3. The van der Waals surface area contributed by atoms with Crippen molar-refractivity contribution >= 4 is 21.6 Å². The van der Waals surface area contributed by atoms with Crippen molar-refractivity contribution in [1.29, 1.82) is 0 Å². The van der Waals surface area contributed by atoms with Gasteiger partial charge in [-0.1, -0.05) is 66.2 Å². The summed E-state index contributed by atoms with van der Waals surface area (Å²) in [6, 6.07) is 26.0. The van der Waals surface area contributed by atoms with Crippen LogP contribution in [0.2, 0.25) is 0 Å². The highest BCUT2D eigenvalue weighted by Crippen LogP contribution is 2.22. The number of benzene rings is 3. The van der Waals surface area contributed by atoms with E-state index in [1.165, 1.54) is 11.5 Å². The van der Waals surface area contributed by atoms with Gasteiger partial charge in [-0.05, 0) is 42.7 Å². The van der Waals surface area contributed by atoms with Gasteiger partial charge < -0.3 is 0 Å². The lowest BCUT2D eigenvalue weighted by Crippen LogP contribution is -2.06. The predicted molar refractivity (Wildman–Crippen MR) is 111 cm³/mol. The number of sulfonamides is 1. The van der Waals surface area contributed by atoms with Crippen LogP contribution in [0.4, 0.5) is 0 Å². The third kappa shape index (κ3) is 3.81. The van der Waals surface area contributed by atoms with Gasteiger partial charge >= 0.3 is 0 Å². The van der Waals surface area contributed by atoms with Crippen molar-refractivity contribution in [1.82, 2.24) is 8.94 Å². The van der Waals surface area contributed by atoms with Gasteiger partial charge in [-0.3, -0.25) is 0 Å². The number of hydrogen-bond donors (Lipinski definition) is 0. The Hall–Kier alpha value is -3.03. The molecule has 7 heteroatoms. The molecule has 0 radical (unpaired) electrons. The maximum Gasteiger partial charge on any atom is 0.285 e. The summed E-state index contributed by atoms with van der Waals surface area (Å²) in [6.45, 7) is 1.91. The smallest absolute Gasteiger partial charge is 0.246 e. The molecular formula is C21H17N3O2S2. The minimum atomic E-state index is -3.84. The van der Waals surface area contributed by atoms with Crippen LogP contribution in [0.3, 0.4) is 0 Å². The minimum absolute atomic E-state index is 0.154. The van der Waals surface area contributed by atoms with Crippen LogP contribution in [0, 0.1) is 6.92 Å². The average molecular weight is 408 g/mol. The maximum atomic E-state index is 12.7. The number of aromatic nitrogens is 2. The molecule has 3 aromatic carbocycles. The van der Waals surface area contributed by atoms with Crippen LogP contribution in [0.15, 0.2) is 94.2 Å². The molecule has 4 aromatic rings. The monoisotopic (exact) mass is 407 g/mol. The maximum absolute atomic E-state index is 12.7. The Morgan fingerprint density at radius 2 is 1.46 bits per heavy atom. The molecule has 0 bridgehead atoms. The highest BCUT2D eigenvalue weighted by molar-refractivity contribution is 7.90. The molecule has 0 amide bonds. The first-order valence-electron chi connectivity index (χ1n) is 8.62. The Morgan fingerprint density at radius 1 is 0.857 bits per heavy atom. The molecule has 0 saturated carbocycles. The Balaban J connectivity index is 1.88. The van der Waals surface area contributed by atoms with E-state index in [1.54, 1.807) is 24.3 Å². The van der Waals surface area contributed by atoms with E-state index in [4.69, 9.17) is 0 Å². The fraction of sp³-hybridized carbons (Fsp3) is 0.0476. The van der Waals surface area contributed by atoms with Crippen LogP contribution in [0.5, 0.6) is 0 Å². The van der Waals surface area contributed by atoms with Crippen LogP contribution < -0.4 is 4.80 Å². The first-order chi connectivity index (χ1) is 13.5. The second-order valence-electron chi connectivity index (χ2n) is 6.18.